The van der Waals surface area contributed by atoms with Crippen LogP contribution in [0, 0.1) is 17.8 Å². The number of amides is 2. The summed E-state index contributed by atoms with van der Waals surface area (Å²) in [7, 11) is 0. The number of aliphatic carboxylic acids is 1. The molecular weight excluding hydrogens is 444 g/mol. The molecule has 2 aliphatic carbocycles. The molecule has 0 radical (unpaired) electrons. The normalized spacial score (nSPS) is 19.3. The predicted octanol–water partition coefficient (Wildman–Crippen LogP) is 4.56. The molecule has 0 bridgehead atoms. The van der Waals surface area contributed by atoms with Crippen molar-refractivity contribution in [3.8, 4) is 11.1 Å². The van der Waals surface area contributed by atoms with E-state index in [0.717, 1.165) is 24.0 Å². The lowest BCUT2D eigenvalue weighted by Crippen LogP contribution is -2.44. The summed E-state index contributed by atoms with van der Waals surface area (Å²) in [5, 5.41) is 14.7. The minimum absolute atomic E-state index is 0.0126. The SMILES string of the molecule is CC(C)[C@H](CC(=O)NCC1CC(CC(=O)O)C1)NC(=O)OCC1c2ccccc2-c2ccccc21. The molecule has 1 fully saturated rings. The quantitative estimate of drug-likeness (QED) is 0.464. The number of carboxylic acid groups (broad SMARTS) is 1. The largest absolute Gasteiger partial charge is 0.481 e. The molecule has 0 heterocycles. The lowest BCUT2D eigenvalue weighted by Gasteiger charge is -2.34. The van der Waals surface area contributed by atoms with Crippen LogP contribution in [-0.2, 0) is 14.3 Å². The number of fused-ring (bicyclic) bond motifs is 3. The molecule has 3 N–H and O–H groups in total. The van der Waals surface area contributed by atoms with E-state index in [-0.39, 0.29) is 49.2 Å². The van der Waals surface area contributed by atoms with E-state index in [0.29, 0.717) is 12.5 Å². The second-order valence-corrected chi connectivity index (χ2v) is 10.1. The molecule has 4 rings (SSSR count). The molecule has 7 heteroatoms. The lowest BCUT2D eigenvalue weighted by atomic mass is 9.73. The van der Waals surface area contributed by atoms with Gasteiger partial charge in [-0.1, -0.05) is 62.4 Å². The van der Waals surface area contributed by atoms with E-state index in [1.807, 2.05) is 38.1 Å². The standard InChI is InChI=1S/C28H34N2O5/c1-17(2)25(14-26(31)29-15-19-11-18(12-19)13-27(32)33)30-28(34)35-16-24-22-9-5-3-7-20(22)21-8-4-6-10-23(21)24/h3-10,17-19,24-25H,11-16H2,1-2H3,(H,29,31)(H,30,34)(H,32,33)/t18?,19?,25-/m0/s1. The van der Waals surface area contributed by atoms with Gasteiger partial charge in [-0.05, 0) is 52.8 Å². The van der Waals surface area contributed by atoms with E-state index >= 15 is 0 Å². The fraction of sp³-hybridized carbons (Fsp3) is 0.464. The first-order chi connectivity index (χ1) is 16.8. The number of alkyl carbamates (subject to hydrolysis) is 1. The Morgan fingerprint density at radius 1 is 0.971 bits per heavy atom. The molecule has 0 saturated heterocycles. The number of carboxylic acids is 1. The van der Waals surface area contributed by atoms with Gasteiger partial charge in [0, 0.05) is 31.3 Å². The van der Waals surface area contributed by atoms with E-state index in [9.17, 15) is 14.4 Å². The van der Waals surface area contributed by atoms with E-state index < -0.39 is 12.1 Å². The average Bonchev–Trinajstić information content (AvgIpc) is 3.12. The zero-order valence-corrected chi connectivity index (χ0v) is 20.3. The number of nitrogens with one attached hydrogen (secondary N) is 2. The molecule has 1 atom stereocenters. The number of rotatable bonds is 10. The highest BCUT2D eigenvalue weighted by Crippen LogP contribution is 2.44. The maximum atomic E-state index is 12.7. The lowest BCUT2D eigenvalue weighted by molar-refractivity contribution is -0.139. The molecule has 186 valence electrons. The molecule has 0 unspecified atom stereocenters. The van der Waals surface area contributed by atoms with Gasteiger partial charge in [-0.15, -0.1) is 0 Å². The van der Waals surface area contributed by atoms with Gasteiger partial charge in [0.1, 0.15) is 6.61 Å². The maximum Gasteiger partial charge on any atom is 0.407 e. The van der Waals surface area contributed by atoms with Crippen LogP contribution in [0.15, 0.2) is 48.5 Å². The number of benzene rings is 2. The smallest absolute Gasteiger partial charge is 0.407 e. The van der Waals surface area contributed by atoms with Crippen LogP contribution in [0.4, 0.5) is 4.79 Å². The third-order valence-electron chi connectivity index (χ3n) is 7.24. The van der Waals surface area contributed by atoms with Crippen molar-refractivity contribution in [2.75, 3.05) is 13.2 Å². The highest BCUT2D eigenvalue weighted by Gasteiger charge is 2.32. The first-order valence-electron chi connectivity index (χ1n) is 12.4. The van der Waals surface area contributed by atoms with Gasteiger partial charge < -0.3 is 20.5 Å². The molecule has 2 aliphatic rings. The molecule has 2 aromatic rings. The van der Waals surface area contributed by atoms with Gasteiger partial charge in [-0.25, -0.2) is 4.79 Å². The van der Waals surface area contributed by atoms with Crippen LogP contribution < -0.4 is 10.6 Å². The van der Waals surface area contributed by atoms with Crippen LogP contribution in [0.1, 0.15) is 56.6 Å². The summed E-state index contributed by atoms with van der Waals surface area (Å²) in [4.78, 5) is 35.9. The van der Waals surface area contributed by atoms with Crippen LogP contribution in [0.2, 0.25) is 0 Å². The zero-order chi connectivity index (χ0) is 24.9. The summed E-state index contributed by atoms with van der Waals surface area (Å²) in [6.07, 6.45) is 1.52. The summed E-state index contributed by atoms with van der Waals surface area (Å²) in [5.74, 6) is -0.295. The van der Waals surface area contributed by atoms with E-state index in [1.165, 1.54) is 11.1 Å². The second-order valence-electron chi connectivity index (χ2n) is 10.1. The van der Waals surface area contributed by atoms with Crippen LogP contribution in [0.25, 0.3) is 11.1 Å². The Morgan fingerprint density at radius 2 is 1.57 bits per heavy atom. The van der Waals surface area contributed by atoms with Gasteiger partial charge in [-0.3, -0.25) is 9.59 Å². The third kappa shape index (κ3) is 6.02. The number of hydrogen-bond donors (Lipinski definition) is 3. The Balaban J connectivity index is 1.25. The Labute approximate surface area is 206 Å². The molecule has 2 amide bonds. The maximum absolute atomic E-state index is 12.7. The van der Waals surface area contributed by atoms with Gasteiger partial charge in [-0.2, -0.15) is 0 Å². The van der Waals surface area contributed by atoms with E-state index in [2.05, 4.69) is 34.9 Å². The van der Waals surface area contributed by atoms with Gasteiger partial charge in [0.2, 0.25) is 5.91 Å². The Hall–Kier alpha value is -3.35. The van der Waals surface area contributed by atoms with Crippen molar-refractivity contribution in [3.63, 3.8) is 0 Å². The molecule has 1 saturated carbocycles. The van der Waals surface area contributed by atoms with Crippen LogP contribution in [0.3, 0.4) is 0 Å². The first kappa shape index (κ1) is 24.8. The summed E-state index contributed by atoms with van der Waals surface area (Å²) >= 11 is 0. The van der Waals surface area contributed by atoms with E-state index in [1.54, 1.807) is 0 Å². The van der Waals surface area contributed by atoms with Crippen molar-refractivity contribution in [2.24, 2.45) is 17.8 Å². The van der Waals surface area contributed by atoms with Crippen LogP contribution in [-0.4, -0.2) is 42.3 Å². The summed E-state index contributed by atoms with van der Waals surface area (Å²) in [6, 6.07) is 16.0. The van der Waals surface area contributed by atoms with E-state index in [4.69, 9.17) is 9.84 Å². The Kier molecular flexibility index (Phi) is 7.73. The molecule has 2 aromatic carbocycles. The fourth-order valence-electron chi connectivity index (χ4n) is 5.23. The first-order valence-corrected chi connectivity index (χ1v) is 12.4. The minimum Gasteiger partial charge on any atom is -0.481 e. The van der Waals surface area contributed by atoms with Crippen LogP contribution >= 0.6 is 0 Å². The monoisotopic (exact) mass is 478 g/mol. The van der Waals surface area contributed by atoms with Gasteiger partial charge in [0.15, 0.2) is 0 Å². The van der Waals surface area contributed by atoms with Crippen molar-refractivity contribution in [3.05, 3.63) is 59.7 Å². The van der Waals surface area contributed by atoms with Crippen molar-refractivity contribution in [1.29, 1.82) is 0 Å². The predicted molar refractivity (Wildman–Crippen MR) is 133 cm³/mol. The molecule has 0 aromatic heterocycles. The fourth-order valence-corrected chi connectivity index (χ4v) is 5.23. The Bertz CT molecular complexity index is 1030. The summed E-state index contributed by atoms with van der Waals surface area (Å²) in [5.41, 5.74) is 4.66. The van der Waals surface area contributed by atoms with Crippen molar-refractivity contribution < 1.29 is 24.2 Å². The average molecular weight is 479 g/mol. The molecule has 0 aliphatic heterocycles. The Morgan fingerprint density at radius 3 is 2.14 bits per heavy atom. The molecule has 0 spiro atoms. The number of hydrogen-bond acceptors (Lipinski definition) is 4. The van der Waals surface area contributed by atoms with Crippen LogP contribution in [0.5, 0.6) is 0 Å². The van der Waals surface area contributed by atoms with Gasteiger partial charge in [0.05, 0.1) is 0 Å². The van der Waals surface area contributed by atoms with Crippen molar-refractivity contribution >= 4 is 18.0 Å². The zero-order valence-electron chi connectivity index (χ0n) is 20.3. The molecule has 7 nitrogen and oxygen atoms in total. The number of carbonyl (C=O) groups excluding carboxylic acids is 2. The summed E-state index contributed by atoms with van der Waals surface area (Å²) in [6.45, 7) is 4.70. The summed E-state index contributed by atoms with van der Waals surface area (Å²) < 4.78 is 5.64. The van der Waals surface area contributed by atoms with Gasteiger partial charge >= 0.3 is 12.1 Å². The minimum atomic E-state index is -0.767. The molecular formula is C28H34N2O5. The highest BCUT2D eigenvalue weighted by atomic mass is 16.5. The second kappa shape index (κ2) is 10.9. The topological polar surface area (TPSA) is 105 Å². The third-order valence-corrected chi connectivity index (χ3v) is 7.24. The highest BCUT2D eigenvalue weighted by molar-refractivity contribution is 5.79. The van der Waals surface area contributed by atoms with Gasteiger partial charge in [0.25, 0.3) is 0 Å². The number of ether oxygens (including phenoxy) is 1. The molecule has 35 heavy (non-hydrogen) atoms. The number of carbonyl (C=O) groups is 3. The van der Waals surface area contributed by atoms with Crippen molar-refractivity contribution in [2.45, 2.75) is 51.5 Å². The van der Waals surface area contributed by atoms with Crippen molar-refractivity contribution in [1.82, 2.24) is 10.6 Å².